The number of hydrogen-bond acceptors (Lipinski definition) is 3. The molecule has 1 aliphatic heterocycles. The summed E-state index contributed by atoms with van der Waals surface area (Å²) >= 11 is 0. The lowest BCUT2D eigenvalue weighted by Gasteiger charge is -2.27. The topological polar surface area (TPSA) is 58.6 Å². The van der Waals surface area contributed by atoms with E-state index in [2.05, 4.69) is 5.32 Å². The van der Waals surface area contributed by atoms with Crippen LogP contribution in [0.3, 0.4) is 0 Å². The SMILES string of the molecule is CC1CN(C(=O)OC(C)(C)C)CC(=O)NC1C. The average Bonchev–Trinajstić information content (AvgIpc) is 2.24. The summed E-state index contributed by atoms with van der Waals surface area (Å²) in [5.41, 5.74) is -0.533. The molecule has 1 heterocycles. The molecule has 0 spiro atoms. The van der Waals surface area contributed by atoms with Crippen molar-refractivity contribution >= 4 is 12.0 Å². The first-order chi connectivity index (χ1) is 7.69. The van der Waals surface area contributed by atoms with Gasteiger partial charge in [-0.3, -0.25) is 9.69 Å². The molecule has 2 unspecified atom stereocenters. The summed E-state index contributed by atoms with van der Waals surface area (Å²) in [4.78, 5) is 24.9. The quantitative estimate of drug-likeness (QED) is 0.698. The minimum atomic E-state index is -0.533. The molecule has 17 heavy (non-hydrogen) atoms. The van der Waals surface area contributed by atoms with Gasteiger partial charge in [0.2, 0.25) is 5.91 Å². The Morgan fingerprint density at radius 3 is 2.53 bits per heavy atom. The van der Waals surface area contributed by atoms with Crippen LogP contribution in [0.2, 0.25) is 0 Å². The standard InChI is InChI=1S/C12H22N2O3/c1-8-6-14(7-10(15)13-9(8)2)11(16)17-12(3,4)5/h8-9H,6-7H2,1-5H3,(H,13,15). The van der Waals surface area contributed by atoms with Crippen molar-refractivity contribution < 1.29 is 14.3 Å². The molecular formula is C12H22N2O3. The lowest BCUT2D eigenvalue weighted by atomic mass is 10.0. The van der Waals surface area contributed by atoms with E-state index < -0.39 is 11.7 Å². The molecule has 0 aromatic heterocycles. The van der Waals surface area contributed by atoms with E-state index in [-0.39, 0.29) is 24.4 Å². The Bertz CT molecular complexity index is 309. The zero-order chi connectivity index (χ0) is 13.2. The van der Waals surface area contributed by atoms with E-state index in [9.17, 15) is 9.59 Å². The van der Waals surface area contributed by atoms with Crippen LogP contribution in [0.5, 0.6) is 0 Å². The number of carbonyl (C=O) groups excluding carboxylic acids is 2. The van der Waals surface area contributed by atoms with Crippen molar-refractivity contribution in [2.75, 3.05) is 13.1 Å². The molecular weight excluding hydrogens is 220 g/mol. The first kappa shape index (κ1) is 13.8. The van der Waals surface area contributed by atoms with E-state index in [0.717, 1.165) is 0 Å². The van der Waals surface area contributed by atoms with E-state index in [4.69, 9.17) is 4.74 Å². The van der Waals surface area contributed by atoms with Gasteiger partial charge in [-0.1, -0.05) is 6.92 Å². The van der Waals surface area contributed by atoms with Gasteiger partial charge < -0.3 is 10.1 Å². The maximum Gasteiger partial charge on any atom is 0.410 e. The van der Waals surface area contributed by atoms with Gasteiger partial charge in [-0.2, -0.15) is 0 Å². The van der Waals surface area contributed by atoms with Gasteiger partial charge in [0.05, 0.1) is 0 Å². The maximum atomic E-state index is 11.9. The molecule has 0 aliphatic carbocycles. The Morgan fingerprint density at radius 1 is 1.41 bits per heavy atom. The van der Waals surface area contributed by atoms with E-state index in [1.807, 2.05) is 34.6 Å². The van der Waals surface area contributed by atoms with Gasteiger partial charge in [0, 0.05) is 12.6 Å². The van der Waals surface area contributed by atoms with Crippen LogP contribution in [-0.4, -0.2) is 41.6 Å². The van der Waals surface area contributed by atoms with Crippen molar-refractivity contribution in [3.63, 3.8) is 0 Å². The van der Waals surface area contributed by atoms with Crippen LogP contribution < -0.4 is 5.32 Å². The molecule has 0 aromatic rings. The zero-order valence-electron chi connectivity index (χ0n) is 11.2. The largest absolute Gasteiger partial charge is 0.444 e. The molecule has 0 bridgehead atoms. The highest BCUT2D eigenvalue weighted by Gasteiger charge is 2.30. The van der Waals surface area contributed by atoms with Crippen LogP contribution in [-0.2, 0) is 9.53 Å². The van der Waals surface area contributed by atoms with Crippen LogP contribution in [0.25, 0.3) is 0 Å². The smallest absolute Gasteiger partial charge is 0.410 e. The minimum absolute atomic E-state index is 0.0730. The molecule has 2 atom stereocenters. The highest BCUT2D eigenvalue weighted by molar-refractivity contribution is 5.83. The van der Waals surface area contributed by atoms with Crippen molar-refractivity contribution in [1.29, 1.82) is 0 Å². The number of ether oxygens (including phenoxy) is 1. The summed E-state index contributed by atoms with van der Waals surface area (Å²) < 4.78 is 5.27. The lowest BCUT2D eigenvalue weighted by molar-refractivity contribution is -0.122. The fraction of sp³-hybridized carbons (Fsp3) is 0.833. The molecule has 1 fully saturated rings. The average molecular weight is 242 g/mol. The molecule has 98 valence electrons. The van der Waals surface area contributed by atoms with Crippen molar-refractivity contribution in [2.45, 2.75) is 46.3 Å². The van der Waals surface area contributed by atoms with Gasteiger partial charge in [-0.15, -0.1) is 0 Å². The van der Waals surface area contributed by atoms with Crippen molar-refractivity contribution in [3.8, 4) is 0 Å². The third-order valence-electron chi connectivity index (χ3n) is 2.74. The number of rotatable bonds is 0. The second-order valence-corrected chi connectivity index (χ2v) is 5.69. The Balaban J connectivity index is 2.69. The summed E-state index contributed by atoms with van der Waals surface area (Å²) in [6.07, 6.45) is -0.423. The summed E-state index contributed by atoms with van der Waals surface area (Å²) in [7, 11) is 0. The second kappa shape index (κ2) is 4.94. The number of carbonyl (C=O) groups is 2. The van der Waals surface area contributed by atoms with E-state index in [1.54, 1.807) is 0 Å². The summed E-state index contributed by atoms with van der Waals surface area (Å²) in [6.45, 7) is 10.0. The third kappa shape index (κ3) is 4.24. The van der Waals surface area contributed by atoms with Crippen LogP contribution in [0.15, 0.2) is 0 Å². The number of amides is 2. The lowest BCUT2D eigenvalue weighted by Crippen LogP contribution is -2.41. The molecule has 1 N–H and O–H groups in total. The first-order valence-corrected chi connectivity index (χ1v) is 5.96. The Labute approximate surface area is 102 Å². The Kier molecular flexibility index (Phi) is 4.01. The van der Waals surface area contributed by atoms with Gasteiger partial charge in [-0.05, 0) is 33.6 Å². The van der Waals surface area contributed by atoms with Crippen molar-refractivity contribution in [2.24, 2.45) is 5.92 Å². The first-order valence-electron chi connectivity index (χ1n) is 5.96. The van der Waals surface area contributed by atoms with Gasteiger partial charge >= 0.3 is 6.09 Å². The van der Waals surface area contributed by atoms with E-state index in [1.165, 1.54) is 4.90 Å². The predicted molar refractivity (Wildman–Crippen MR) is 64.6 cm³/mol. The van der Waals surface area contributed by atoms with Crippen molar-refractivity contribution in [1.82, 2.24) is 10.2 Å². The zero-order valence-corrected chi connectivity index (χ0v) is 11.2. The molecule has 5 nitrogen and oxygen atoms in total. The Hall–Kier alpha value is -1.26. The number of hydrogen-bond donors (Lipinski definition) is 1. The minimum Gasteiger partial charge on any atom is -0.444 e. The fourth-order valence-electron chi connectivity index (χ4n) is 1.65. The van der Waals surface area contributed by atoms with E-state index in [0.29, 0.717) is 6.54 Å². The van der Waals surface area contributed by atoms with Crippen LogP contribution >= 0.6 is 0 Å². The van der Waals surface area contributed by atoms with Crippen LogP contribution in [0.1, 0.15) is 34.6 Å². The van der Waals surface area contributed by atoms with Crippen LogP contribution in [0, 0.1) is 5.92 Å². The fourth-order valence-corrected chi connectivity index (χ4v) is 1.65. The van der Waals surface area contributed by atoms with Gasteiger partial charge in [-0.25, -0.2) is 4.79 Å². The maximum absolute atomic E-state index is 11.9. The molecule has 2 amide bonds. The molecule has 1 saturated heterocycles. The normalized spacial score (nSPS) is 26.2. The molecule has 0 radical (unpaired) electrons. The summed E-state index contributed by atoms with van der Waals surface area (Å²) in [6, 6.07) is 0.0786. The molecule has 5 heteroatoms. The molecule has 1 aliphatic rings. The second-order valence-electron chi connectivity index (χ2n) is 5.69. The Morgan fingerprint density at radius 2 is 2.00 bits per heavy atom. The number of nitrogens with one attached hydrogen (secondary N) is 1. The highest BCUT2D eigenvalue weighted by Crippen LogP contribution is 2.14. The highest BCUT2D eigenvalue weighted by atomic mass is 16.6. The van der Waals surface area contributed by atoms with Crippen LogP contribution in [0.4, 0.5) is 4.79 Å². The predicted octanol–water partition coefficient (Wildman–Crippen LogP) is 1.38. The third-order valence-corrected chi connectivity index (χ3v) is 2.74. The monoisotopic (exact) mass is 242 g/mol. The van der Waals surface area contributed by atoms with Crippen molar-refractivity contribution in [3.05, 3.63) is 0 Å². The number of nitrogens with zero attached hydrogens (tertiary/aromatic N) is 1. The van der Waals surface area contributed by atoms with Gasteiger partial charge in [0.1, 0.15) is 12.1 Å². The van der Waals surface area contributed by atoms with Gasteiger partial charge in [0.25, 0.3) is 0 Å². The summed E-state index contributed by atoms with van der Waals surface area (Å²) in [5.74, 6) is 0.0849. The summed E-state index contributed by atoms with van der Waals surface area (Å²) in [5, 5.41) is 2.85. The van der Waals surface area contributed by atoms with E-state index >= 15 is 0 Å². The van der Waals surface area contributed by atoms with Gasteiger partial charge in [0.15, 0.2) is 0 Å². The molecule has 1 rings (SSSR count). The molecule has 0 saturated carbocycles. The molecule has 0 aromatic carbocycles.